The molecule has 0 saturated carbocycles. The third-order valence-electron chi connectivity index (χ3n) is 7.10. The van der Waals surface area contributed by atoms with E-state index in [0.717, 1.165) is 5.56 Å². The predicted octanol–water partition coefficient (Wildman–Crippen LogP) is 6.06. The summed E-state index contributed by atoms with van der Waals surface area (Å²) in [6.07, 6.45) is -4.85. The molecule has 234 valence electrons. The van der Waals surface area contributed by atoms with Crippen LogP contribution in [0.25, 0.3) is 21.6 Å². The molecule has 0 atom stereocenters. The lowest BCUT2D eigenvalue weighted by Gasteiger charge is -2.40. The number of aliphatic hydroxyl groups is 1. The molecule has 1 aromatic heterocycles. The SMILES string of the molecule is Cl.NC(=O)C1(NCCC(F)(F)F)CCN(C(=O)c2cc(-c3ccc(OCCCO)cc3)c(-c3ccc(F)cc3Cl)s2)CC1. The van der Waals surface area contributed by atoms with Gasteiger partial charge in [-0.15, -0.1) is 23.7 Å². The van der Waals surface area contributed by atoms with Crippen molar-refractivity contribution in [3.8, 4) is 27.3 Å². The summed E-state index contributed by atoms with van der Waals surface area (Å²) >= 11 is 7.58. The zero-order valence-corrected chi connectivity index (χ0v) is 25.3. The van der Waals surface area contributed by atoms with E-state index in [1.807, 2.05) is 12.1 Å². The fourth-order valence-electron chi connectivity index (χ4n) is 4.77. The zero-order valence-electron chi connectivity index (χ0n) is 22.9. The summed E-state index contributed by atoms with van der Waals surface area (Å²) in [5.74, 6) is -0.969. The average Bonchev–Trinajstić information content (AvgIpc) is 3.38. The van der Waals surface area contributed by atoms with E-state index < -0.39 is 36.4 Å². The van der Waals surface area contributed by atoms with E-state index in [9.17, 15) is 27.2 Å². The molecule has 43 heavy (non-hydrogen) atoms. The zero-order chi connectivity index (χ0) is 30.5. The van der Waals surface area contributed by atoms with Crippen molar-refractivity contribution in [3.05, 3.63) is 64.2 Å². The Morgan fingerprint density at radius 3 is 2.35 bits per heavy atom. The molecule has 3 aromatic rings. The normalized spacial score (nSPS) is 14.7. The fourth-order valence-corrected chi connectivity index (χ4v) is 6.28. The van der Waals surface area contributed by atoms with Gasteiger partial charge in [-0.2, -0.15) is 13.2 Å². The highest BCUT2D eigenvalue weighted by molar-refractivity contribution is 7.18. The maximum absolute atomic E-state index is 13.8. The number of nitrogens with zero attached hydrogens (tertiary/aromatic N) is 1. The van der Waals surface area contributed by atoms with Gasteiger partial charge in [-0.25, -0.2) is 4.39 Å². The van der Waals surface area contributed by atoms with Gasteiger partial charge in [0.1, 0.15) is 17.1 Å². The van der Waals surface area contributed by atoms with Crippen LogP contribution in [0.1, 0.15) is 35.4 Å². The lowest BCUT2D eigenvalue weighted by molar-refractivity contribution is -0.137. The number of primary amides is 1. The van der Waals surface area contributed by atoms with Crippen molar-refractivity contribution in [1.29, 1.82) is 0 Å². The number of amides is 2. The van der Waals surface area contributed by atoms with E-state index in [0.29, 0.717) is 39.7 Å². The van der Waals surface area contributed by atoms with Crippen LogP contribution in [0, 0.1) is 5.82 Å². The van der Waals surface area contributed by atoms with Crippen LogP contribution < -0.4 is 15.8 Å². The first-order valence-corrected chi connectivity index (χ1v) is 14.5. The Kier molecular flexibility index (Phi) is 11.8. The first kappa shape index (κ1) is 34.6. The number of carbonyl (C=O) groups excluding carboxylic acids is 2. The van der Waals surface area contributed by atoms with Gasteiger partial charge >= 0.3 is 6.18 Å². The molecule has 1 fully saturated rings. The summed E-state index contributed by atoms with van der Waals surface area (Å²) in [4.78, 5) is 28.4. The average molecular weight is 665 g/mol. The predicted molar refractivity (Wildman–Crippen MR) is 160 cm³/mol. The summed E-state index contributed by atoms with van der Waals surface area (Å²) in [5.41, 5.74) is 6.22. The van der Waals surface area contributed by atoms with Crippen molar-refractivity contribution < 1.29 is 37.0 Å². The van der Waals surface area contributed by atoms with Gasteiger partial charge in [-0.1, -0.05) is 23.7 Å². The van der Waals surface area contributed by atoms with Crippen molar-refractivity contribution >= 4 is 47.2 Å². The Morgan fingerprint density at radius 2 is 1.77 bits per heavy atom. The van der Waals surface area contributed by atoms with E-state index in [-0.39, 0.29) is 55.9 Å². The van der Waals surface area contributed by atoms with E-state index in [4.69, 9.17) is 27.2 Å². The van der Waals surface area contributed by atoms with E-state index >= 15 is 0 Å². The van der Waals surface area contributed by atoms with Crippen LogP contribution in [0.15, 0.2) is 48.5 Å². The van der Waals surface area contributed by atoms with Gasteiger partial charge in [-0.05, 0) is 54.8 Å². The minimum atomic E-state index is -4.38. The van der Waals surface area contributed by atoms with Crippen LogP contribution in [-0.2, 0) is 4.79 Å². The van der Waals surface area contributed by atoms with E-state index in [1.54, 1.807) is 24.3 Å². The number of hydrogen-bond donors (Lipinski definition) is 3. The van der Waals surface area contributed by atoms with Crippen LogP contribution in [0.4, 0.5) is 17.6 Å². The number of thiophene rings is 1. The summed E-state index contributed by atoms with van der Waals surface area (Å²) in [7, 11) is 0. The molecule has 0 aliphatic carbocycles. The number of aliphatic hydroxyl groups excluding tert-OH is 1. The number of hydrogen-bond acceptors (Lipinski definition) is 6. The minimum Gasteiger partial charge on any atom is -0.494 e. The van der Waals surface area contributed by atoms with Gasteiger partial charge in [0.25, 0.3) is 5.91 Å². The maximum Gasteiger partial charge on any atom is 0.390 e. The van der Waals surface area contributed by atoms with Gasteiger partial charge in [0.05, 0.1) is 22.9 Å². The number of likely N-dealkylation sites (tertiary alicyclic amines) is 1. The Morgan fingerprint density at radius 1 is 1.09 bits per heavy atom. The lowest BCUT2D eigenvalue weighted by Crippen LogP contribution is -2.61. The molecular formula is C29H31Cl2F4N3O4S. The third kappa shape index (κ3) is 8.60. The number of carbonyl (C=O) groups is 2. The number of benzene rings is 2. The molecule has 4 N–H and O–H groups in total. The van der Waals surface area contributed by atoms with Crippen LogP contribution in [0.3, 0.4) is 0 Å². The molecule has 0 unspecified atom stereocenters. The summed E-state index contributed by atoms with van der Waals surface area (Å²) < 4.78 is 57.4. The fraction of sp³-hybridized carbons (Fsp3) is 0.379. The lowest BCUT2D eigenvalue weighted by atomic mass is 9.86. The van der Waals surface area contributed by atoms with Crippen LogP contribution >= 0.6 is 35.3 Å². The molecule has 0 bridgehead atoms. The number of halogens is 6. The number of nitrogens with two attached hydrogens (primary N) is 1. The number of nitrogens with one attached hydrogen (secondary N) is 1. The van der Waals surface area contributed by atoms with E-state index in [2.05, 4.69) is 5.32 Å². The molecule has 0 spiro atoms. The second-order valence-corrected chi connectivity index (χ2v) is 11.4. The number of piperidine rings is 1. The molecule has 2 amide bonds. The summed E-state index contributed by atoms with van der Waals surface area (Å²) in [6, 6.07) is 12.9. The first-order valence-electron chi connectivity index (χ1n) is 13.3. The largest absolute Gasteiger partial charge is 0.494 e. The third-order valence-corrected chi connectivity index (χ3v) is 8.57. The Hall–Kier alpha value is -2.90. The van der Waals surface area contributed by atoms with Gasteiger partial charge in [-0.3, -0.25) is 9.59 Å². The minimum absolute atomic E-state index is 0. The molecule has 1 aliphatic heterocycles. The van der Waals surface area contributed by atoms with Gasteiger partial charge in [0.2, 0.25) is 5.91 Å². The van der Waals surface area contributed by atoms with Crippen LogP contribution in [0.5, 0.6) is 5.75 Å². The highest BCUT2D eigenvalue weighted by Gasteiger charge is 2.41. The highest BCUT2D eigenvalue weighted by Crippen LogP contribution is 2.43. The Balaban J connectivity index is 0.00000506. The molecule has 2 heterocycles. The molecular weight excluding hydrogens is 633 g/mol. The van der Waals surface area contributed by atoms with Gasteiger partial charge < -0.3 is 25.8 Å². The maximum atomic E-state index is 13.8. The molecule has 14 heteroatoms. The van der Waals surface area contributed by atoms with Crippen molar-refractivity contribution in [2.75, 3.05) is 32.8 Å². The summed E-state index contributed by atoms with van der Waals surface area (Å²) in [6.45, 7) is 0.137. The standard InChI is InChI=1S/C29H30ClF4N3O4S.ClH/c30-23-16-19(31)4-7-21(23)25-22(18-2-5-20(6-3-18)41-15-1-14-38)17-24(42-25)26(39)37-12-9-28(10-13-37,27(35)40)36-11-8-29(32,33)34;/h2-7,16-17,36,38H,1,8-15H2,(H2,35,40);1H. The number of ether oxygens (including phenoxy) is 1. The van der Waals surface area contributed by atoms with Gasteiger partial charge in [0, 0.05) is 48.7 Å². The molecule has 0 radical (unpaired) electrons. The first-order chi connectivity index (χ1) is 19.9. The monoisotopic (exact) mass is 663 g/mol. The Bertz CT molecular complexity index is 1410. The van der Waals surface area contributed by atoms with Crippen molar-refractivity contribution in [2.45, 2.75) is 37.4 Å². The molecule has 1 aliphatic rings. The number of alkyl halides is 3. The van der Waals surface area contributed by atoms with E-state index in [1.165, 1.54) is 28.4 Å². The molecule has 2 aromatic carbocycles. The smallest absolute Gasteiger partial charge is 0.390 e. The van der Waals surface area contributed by atoms with Crippen LogP contribution in [-0.4, -0.2) is 66.4 Å². The molecule has 4 rings (SSSR count). The quantitative estimate of drug-likeness (QED) is 0.171. The van der Waals surface area contributed by atoms with Crippen molar-refractivity contribution in [1.82, 2.24) is 10.2 Å². The number of rotatable bonds is 11. The topological polar surface area (TPSA) is 105 Å². The van der Waals surface area contributed by atoms with Gasteiger partial charge in [0.15, 0.2) is 0 Å². The molecule has 1 saturated heterocycles. The Labute approximate surface area is 261 Å². The second kappa shape index (κ2) is 14.7. The van der Waals surface area contributed by atoms with Crippen molar-refractivity contribution in [2.24, 2.45) is 5.73 Å². The second-order valence-electron chi connectivity index (χ2n) is 9.96. The van der Waals surface area contributed by atoms with Crippen LogP contribution in [0.2, 0.25) is 5.02 Å². The highest BCUT2D eigenvalue weighted by atomic mass is 35.5. The molecule has 7 nitrogen and oxygen atoms in total. The summed E-state index contributed by atoms with van der Waals surface area (Å²) in [5, 5.41) is 11.8. The van der Waals surface area contributed by atoms with Crippen molar-refractivity contribution in [3.63, 3.8) is 0 Å².